The molecule has 4 aromatic rings. The van der Waals surface area contributed by atoms with Gasteiger partial charge in [0, 0.05) is 24.0 Å². The summed E-state index contributed by atoms with van der Waals surface area (Å²) >= 11 is 6.13. The third kappa shape index (κ3) is 4.51. The van der Waals surface area contributed by atoms with Gasteiger partial charge in [-0.25, -0.2) is 9.67 Å². The summed E-state index contributed by atoms with van der Waals surface area (Å²) in [5.74, 6) is 0.928. The summed E-state index contributed by atoms with van der Waals surface area (Å²) in [5, 5.41) is 8.97. The summed E-state index contributed by atoms with van der Waals surface area (Å²) in [5.41, 5.74) is 3.33. The molecule has 1 aliphatic carbocycles. The summed E-state index contributed by atoms with van der Waals surface area (Å²) in [6.07, 6.45) is 5.35. The molecule has 2 aromatic heterocycles. The van der Waals surface area contributed by atoms with Crippen molar-refractivity contribution in [2.24, 2.45) is 0 Å². The number of likely N-dealkylation sites (tertiary alicyclic amines) is 1. The number of nitrogens with zero attached hydrogens (tertiary/aromatic N) is 5. The minimum atomic E-state index is -0.461. The van der Waals surface area contributed by atoms with Gasteiger partial charge in [-0.05, 0) is 55.9 Å². The fraction of sp³-hybridized carbons (Fsp3) is 0.414. The molecule has 0 unspecified atom stereocenters. The smallest absolute Gasteiger partial charge is 0.281 e. The molecule has 1 saturated heterocycles. The number of aromatic amines is 1. The van der Waals surface area contributed by atoms with Gasteiger partial charge in [-0.2, -0.15) is 0 Å². The number of benzene rings is 2. The zero-order chi connectivity index (χ0) is 26.3. The number of amides is 1. The SMILES string of the molecule is Cc1ccc(Cn2nnc3c(=O)[nH]c(C4CCN(C(=O)C5(c6ccc(Cl)cc6)CCCC5)CC4)nc32)cc1. The zero-order valence-electron chi connectivity index (χ0n) is 21.5. The number of piperidine rings is 1. The highest BCUT2D eigenvalue weighted by molar-refractivity contribution is 6.30. The number of hydrogen-bond donors (Lipinski definition) is 1. The molecule has 9 heteroatoms. The van der Waals surface area contributed by atoms with Gasteiger partial charge in [0.15, 0.2) is 11.2 Å². The molecule has 3 heterocycles. The molecule has 1 aliphatic heterocycles. The van der Waals surface area contributed by atoms with Crippen molar-refractivity contribution in [1.29, 1.82) is 0 Å². The van der Waals surface area contributed by atoms with Gasteiger partial charge in [0.25, 0.3) is 5.56 Å². The Labute approximate surface area is 226 Å². The molecule has 1 saturated carbocycles. The fourth-order valence-corrected chi connectivity index (χ4v) is 6.21. The predicted molar refractivity (Wildman–Crippen MR) is 146 cm³/mol. The Kier molecular flexibility index (Phi) is 6.51. The standard InChI is InChI=1S/C29H31ClN6O2/c1-19-4-6-20(7-5-19)18-36-26-24(33-34-36)27(37)32-25(31-26)21-12-16-35(17-13-21)28(38)29(14-2-3-15-29)22-8-10-23(30)11-9-22/h4-11,21H,2-3,12-18H2,1H3,(H,31,32,37). The molecule has 0 bridgehead atoms. The van der Waals surface area contributed by atoms with E-state index in [0.29, 0.717) is 36.1 Å². The quantitative estimate of drug-likeness (QED) is 0.402. The van der Waals surface area contributed by atoms with E-state index in [9.17, 15) is 9.59 Å². The van der Waals surface area contributed by atoms with Crippen LogP contribution in [0.4, 0.5) is 0 Å². The van der Waals surface area contributed by atoms with Crippen molar-refractivity contribution in [2.75, 3.05) is 13.1 Å². The number of hydrogen-bond acceptors (Lipinski definition) is 5. The van der Waals surface area contributed by atoms with Crippen molar-refractivity contribution in [2.45, 2.75) is 63.3 Å². The molecule has 6 rings (SSSR count). The maximum absolute atomic E-state index is 13.9. The summed E-state index contributed by atoms with van der Waals surface area (Å²) in [6, 6.07) is 16.0. The number of nitrogens with one attached hydrogen (secondary N) is 1. The van der Waals surface area contributed by atoms with Crippen LogP contribution in [0.3, 0.4) is 0 Å². The van der Waals surface area contributed by atoms with Crippen LogP contribution in [-0.4, -0.2) is 48.9 Å². The normalized spacial score (nSPS) is 17.8. The minimum Gasteiger partial charge on any atom is -0.342 e. The zero-order valence-corrected chi connectivity index (χ0v) is 22.2. The number of aryl methyl sites for hydroxylation is 1. The average molecular weight is 531 g/mol. The highest BCUT2D eigenvalue weighted by atomic mass is 35.5. The van der Waals surface area contributed by atoms with Gasteiger partial charge in [0.2, 0.25) is 5.91 Å². The molecular formula is C29H31ClN6O2. The summed E-state index contributed by atoms with van der Waals surface area (Å²) in [7, 11) is 0. The molecule has 196 valence electrons. The fourth-order valence-electron chi connectivity index (χ4n) is 6.08. The molecule has 1 N–H and O–H groups in total. The van der Waals surface area contributed by atoms with Gasteiger partial charge in [-0.15, -0.1) is 5.10 Å². The number of rotatable bonds is 5. The van der Waals surface area contributed by atoms with Gasteiger partial charge < -0.3 is 9.88 Å². The van der Waals surface area contributed by atoms with E-state index >= 15 is 0 Å². The van der Waals surface area contributed by atoms with Gasteiger partial charge >= 0.3 is 0 Å². The number of carbonyl (C=O) groups excluding carboxylic acids is 1. The topological polar surface area (TPSA) is 96.8 Å². The average Bonchev–Trinajstić information content (AvgIpc) is 3.59. The Morgan fingerprint density at radius 2 is 1.74 bits per heavy atom. The highest BCUT2D eigenvalue weighted by Crippen LogP contribution is 2.43. The lowest BCUT2D eigenvalue weighted by atomic mass is 9.77. The maximum atomic E-state index is 13.9. The molecule has 1 amide bonds. The Hall–Kier alpha value is -3.52. The molecule has 8 nitrogen and oxygen atoms in total. The van der Waals surface area contributed by atoms with Crippen LogP contribution < -0.4 is 5.56 Å². The van der Waals surface area contributed by atoms with Crippen LogP contribution in [-0.2, 0) is 16.8 Å². The third-order valence-electron chi connectivity index (χ3n) is 8.28. The van der Waals surface area contributed by atoms with Crippen LogP contribution >= 0.6 is 11.6 Å². The summed E-state index contributed by atoms with van der Waals surface area (Å²) in [6.45, 7) is 3.82. The third-order valence-corrected chi connectivity index (χ3v) is 8.53. The Morgan fingerprint density at radius 1 is 1.05 bits per heavy atom. The monoisotopic (exact) mass is 530 g/mol. The van der Waals surface area contributed by atoms with E-state index in [1.54, 1.807) is 4.68 Å². The second-order valence-electron chi connectivity index (χ2n) is 10.7. The number of aromatic nitrogens is 5. The molecule has 38 heavy (non-hydrogen) atoms. The Balaban J connectivity index is 1.20. The maximum Gasteiger partial charge on any atom is 0.281 e. The molecule has 0 atom stereocenters. The van der Waals surface area contributed by atoms with Crippen molar-refractivity contribution in [3.63, 3.8) is 0 Å². The molecule has 0 radical (unpaired) electrons. The molecule has 2 aliphatic rings. The lowest BCUT2D eigenvalue weighted by molar-refractivity contribution is -0.138. The van der Waals surface area contributed by atoms with Crippen molar-refractivity contribution in [3.05, 3.63) is 86.4 Å². The number of halogens is 1. The van der Waals surface area contributed by atoms with E-state index in [2.05, 4.69) is 27.4 Å². The summed E-state index contributed by atoms with van der Waals surface area (Å²) < 4.78 is 1.69. The van der Waals surface area contributed by atoms with Crippen LogP contribution in [0, 0.1) is 6.92 Å². The minimum absolute atomic E-state index is 0.0638. The van der Waals surface area contributed by atoms with E-state index in [4.69, 9.17) is 16.6 Å². The first-order chi connectivity index (χ1) is 18.4. The molecule has 2 aromatic carbocycles. The first kappa shape index (κ1) is 24.8. The number of carbonyl (C=O) groups is 1. The van der Waals surface area contributed by atoms with Crippen molar-refractivity contribution < 1.29 is 4.79 Å². The van der Waals surface area contributed by atoms with Crippen LogP contribution in [0.5, 0.6) is 0 Å². The van der Waals surface area contributed by atoms with E-state index in [-0.39, 0.29) is 22.9 Å². The van der Waals surface area contributed by atoms with Crippen LogP contribution in [0.15, 0.2) is 53.3 Å². The highest BCUT2D eigenvalue weighted by Gasteiger charge is 2.45. The van der Waals surface area contributed by atoms with Gasteiger partial charge in [0.05, 0.1) is 12.0 Å². The second kappa shape index (κ2) is 9.98. The number of fused-ring (bicyclic) bond motifs is 1. The van der Waals surface area contributed by atoms with Crippen LogP contribution in [0.2, 0.25) is 5.02 Å². The van der Waals surface area contributed by atoms with Gasteiger partial charge in [-0.1, -0.05) is 71.6 Å². The lowest BCUT2D eigenvalue weighted by Crippen LogP contribution is -2.48. The first-order valence-corrected chi connectivity index (χ1v) is 13.8. The van der Waals surface area contributed by atoms with E-state index < -0.39 is 5.41 Å². The largest absolute Gasteiger partial charge is 0.342 e. The van der Waals surface area contributed by atoms with Gasteiger partial charge in [-0.3, -0.25) is 9.59 Å². The lowest BCUT2D eigenvalue weighted by Gasteiger charge is -2.38. The van der Waals surface area contributed by atoms with Crippen molar-refractivity contribution >= 4 is 28.7 Å². The molecule has 2 fully saturated rings. The summed E-state index contributed by atoms with van der Waals surface area (Å²) in [4.78, 5) is 36.5. The first-order valence-electron chi connectivity index (χ1n) is 13.4. The van der Waals surface area contributed by atoms with Crippen molar-refractivity contribution in [3.8, 4) is 0 Å². The number of H-pyrrole nitrogens is 1. The molecule has 0 spiro atoms. The van der Waals surface area contributed by atoms with Gasteiger partial charge in [0.1, 0.15) is 5.82 Å². The van der Waals surface area contributed by atoms with Crippen molar-refractivity contribution in [1.82, 2.24) is 29.9 Å². The Bertz CT molecular complexity index is 1510. The van der Waals surface area contributed by atoms with Crippen LogP contribution in [0.25, 0.3) is 11.2 Å². The van der Waals surface area contributed by atoms with E-state index in [1.807, 2.05) is 48.2 Å². The van der Waals surface area contributed by atoms with Crippen LogP contribution in [0.1, 0.15) is 67.0 Å². The van der Waals surface area contributed by atoms with E-state index in [0.717, 1.165) is 49.7 Å². The van der Waals surface area contributed by atoms with E-state index in [1.165, 1.54) is 5.56 Å². The Morgan fingerprint density at radius 3 is 2.42 bits per heavy atom. The second-order valence-corrected chi connectivity index (χ2v) is 11.2. The molecular weight excluding hydrogens is 500 g/mol. The predicted octanol–water partition coefficient (Wildman–Crippen LogP) is 4.74.